The van der Waals surface area contributed by atoms with Crippen LogP contribution in [0.4, 0.5) is 0 Å². The highest BCUT2D eigenvalue weighted by Crippen LogP contribution is 2.45. The van der Waals surface area contributed by atoms with Crippen molar-refractivity contribution in [1.82, 2.24) is 4.90 Å². The van der Waals surface area contributed by atoms with Crippen LogP contribution >= 0.6 is 15.9 Å². The Morgan fingerprint density at radius 2 is 1.62 bits per heavy atom. The number of nitrogens with zero attached hydrogens (tertiary/aromatic N) is 1. The Bertz CT molecular complexity index is 1160. The Balaban J connectivity index is 1.70. The van der Waals surface area contributed by atoms with Crippen LogP contribution in [0.3, 0.4) is 0 Å². The third-order valence-corrected chi connectivity index (χ3v) is 6.40. The summed E-state index contributed by atoms with van der Waals surface area (Å²) in [7, 11) is 3.20. The molecule has 1 amide bonds. The zero-order valence-electron chi connectivity index (χ0n) is 17.9. The highest BCUT2D eigenvalue weighted by Gasteiger charge is 2.41. The summed E-state index contributed by atoms with van der Waals surface area (Å²) >= 11 is 3.63. The van der Waals surface area contributed by atoms with Crippen LogP contribution in [0.15, 0.2) is 83.0 Å². The molecule has 4 rings (SSSR count). The van der Waals surface area contributed by atoms with Crippen molar-refractivity contribution >= 4 is 27.4 Å². The normalized spacial score (nSPS) is 15.9. The van der Waals surface area contributed by atoms with Gasteiger partial charge in [0.15, 0.2) is 17.3 Å². The van der Waals surface area contributed by atoms with Crippen LogP contribution in [-0.4, -0.2) is 36.7 Å². The molecular weight excluding hydrogens is 470 g/mol. The lowest BCUT2D eigenvalue weighted by atomic mass is 9.93. The standard InChI is InChI=1S/C26H24BrNO4/c1-31-21-13-12-17(16-22(21)32-2)14-15-28-24(19-10-6-7-11-20(19)27)23(25(29)26(28)30)18-8-4-3-5-9-18/h3-13,16,24,29H,14-15H2,1-2H3/t24-/m1/s1. The van der Waals surface area contributed by atoms with Crippen molar-refractivity contribution in [3.8, 4) is 11.5 Å². The molecule has 1 N–H and O–H groups in total. The molecule has 0 unspecified atom stereocenters. The summed E-state index contributed by atoms with van der Waals surface area (Å²) < 4.78 is 11.6. The summed E-state index contributed by atoms with van der Waals surface area (Å²) in [6.45, 7) is 0.431. The van der Waals surface area contributed by atoms with Crippen molar-refractivity contribution in [2.45, 2.75) is 12.5 Å². The van der Waals surface area contributed by atoms with Crippen LogP contribution in [0, 0.1) is 0 Å². The molecule has 1 aliphatic heterocycles. The summed E-state index contributed by atoms with van der Waals surface area (Å²) in [5.74, 6) is 0.727. The molecule has 0 saturated heterocycles. The maximum Gasteiger partial charge on any atom is 0.289 e. The minimum atomic E-state index is -0.402. The second kappa shape index (κ2) is 9.49. The number of aliphatic hydroxyl groups is 1. The molecule has 0 bridgehead atoms. The number of ether oxygens (including phenoxy) is 2. The van der Waals surface area contributed by atoms with Gasteiger partial charge in [0.2, 0.25) is 0 Å². The summed E-state index contributed by atoms with van der Waals surface area (Å²) in [5, 5.41) is 10.9. The van der Waals surface area contributed by atoms with E-state index in [4.69, 9.17) is 9.47 Å². The van der Waals surface area contributed by atoms with Gasteiger partial charge in [0.05, 0.1) is 20.3 Å². The van der Waals surface area contributed by atoms with Gasteiger partial charge < -0.3 is 19.5 Å². The Morgan fingerprint density at radius 1 is 0.938 bits per heavy atom. The highest BCUT2D eigenvalue weighted by molar-refractivity contribution is 9.10. The number of halogens is 1. The molecule has 0 fully saturated rings. The molecule has 5 nitrogen and oxygen atoms in total. The number of methoxy groups -OCH3 is 2. The van der Waals surface area contributed by atoms with Crippen molar-refractivity contribution in [2.24, 2.45) is 0 Å². The lowest BCUT2D eigenvalue weighted by Crippen LogP contribution is -2.32. The highest BCUT2D eigenvalue weighted by atomic mass is 79.9. The fraction of sp³-hybridized carbons (Fsp3) is 0.192. The fourth-order valence-electron chi connectivity index (χ4n) is 4.10. The Morgan fingerprint density at radius 3 is 2.31 bits per heavy atom. The maximum atomic E-state index is 13.2. The van der Waals surface area contributed by atoms with E-state index in [-0.39, 0.29) is 11.7 Å². The van der Waals surface area contributed by atoms with E-state index in [1.54, 1.807) is 19.1 Å². The van der Waals surface area contributed by atoms with Gasteiger partial charge in [-0.1, -0.05) is 70.5 Å². The lowest BCUT2D eigenvalue weighted by Gasteiger charge is -2.28. The van der Waals surface area contributed by atoms with Gasteiger partial charge >= 0.3 is 0 Å². The molecule has 164 valence electrons. The quantitative estimate of drug-likeness (QED) is 0.467. The van der Waals surface area contributed by atoms with Crippen LogP contribution in [0.2, 0.25) is 0 Å². The molecule has 0 radical (unpaired) electrons. The average Bonchev–Trinajstić information content (AvgIpc) is 3.08. The van der Waals surface area contributed by atoms with Crippen molar-refractivity contribution in [2.75, 3.05) is 20.8 Å². The molecule has 0 spiro atoms. The minimum Gasteiger partial charge on any atom is -0.503 e. The fourth-order valence-corrected chi connectivity index (χ4v) is 4.60. The molecule has 0 saturated carbocycles. The molecule has 3 aromatic rings. The largest absolute Gasteiger partial charge is 0.503 e. The zero-order chi connectivity index (χ0) is 22.7. The SMILES string of the molecule is COc1ccc(CCN2C(=O)C(O)=C(c3ccccc3)[C@H]2c2ccccc2Br)cc1OC. The van der Waals surface area contributed by atoms with Crippen molar-refractivity contribution in [3.63, 3.8) is 0 Å². The number of benzene rings is 3. The van der Waals surface area contributed by atoms with Gasteiger partial charge in [-0.25, -0.2) is 0 Å². The van der Waals surface area contributed by atoms with Gasteiger partial charge in [0.1, 0.15) is 0 Å². The van der Waals surface area contributed by atoms with Gasteiger partial charge in [-0.3, -0.25) is 4.79 Å². The number of carbonyl (C=O) groups is 1. The molecule has 1 aliphatic rings. The van der Waals surface area contributed by atoms with Crippen LogP contribution in [0.1, 0.15) is 22.7 Å². The summed E-state index contributed by atoms with van der Waals surface area (Å²) in [4.78, 5) is 14.9. The first kappa shape index (κ1) is 22.0. The second-order valence-corrected chi connectivity index (χ2v) is 8.34. The van der Waals surface area contributed by atoms with Gasteiger partial charge in [-0.15, -0.1) is 0 Å². The van der Waals surface area contributed by atoms with E-state index in [2.05, 4.69) is 15.9 Å². The number of rotatable bonds is 7. The first-order valence-corrected chi connectivity index (χ1v) is 11.1. The van der Waals surface area contributed by atoms with Gasteiger partial charge in [-0.05, 0) is 41.3 Å². The number of amides is 1. The monoisotopic (exact) mass is 493 g/mol. The van der Waals surface area contributed by atoms with E-state index in [1.165, 1.54) is 0 Å². The zero-order valence-corrected chi connectivity index (χ0v) is 19.5. The molecule has 32 heavy (non-hydrogen) atoms. The van der Waals surface area contributed by atoms with Crippen molar-refractivity contribution in [1.29, 1.82) is 0 Å². The third kappa shape index (κ3) is 4.10. The van der Waals surface area contributed by atoms with E-state index >= 15 is 0 Å². The summed E-state index contributed by atoms with van der Waals surface area (Å²) in [6.07, 6.45) is 0.600. The van der Waals surface area contributed by atoms with E-state index in [0.717, 1.165) is 21.2 Å². The van der Waals surface area contributed by atoms with Crippen LogP contribution < -0.4 is 9.47 Å². The second-order valence-electron chi connectivity index (χ2n) is 7.49. The van der Waals surface area contributed by atoms with Gasteiger partial charge in [-0.2, -0.15) is 0 Å². The molecule has 0 aliphatic carbocycles. The molecule has 1 atom stereocenters. The Kier molecular flexibility index (Phi) is 6.51. The number of carbonyl (C=O) groups excluding carboxylic acids is 1. The Hall–Kier alpha value is -3.25. The molecule has 3 aromatic carbocycles. The van der Waals surface area contributed by atoms with Crippen molar-refractivity contribution in [3.05, 3.63) is 99.7 Å². The number of hydrogen-bond acceptors (Lipinski definition) is 4. The first-order valence-electron chi connectivity index (χ1n) is 10.3. The van der Waals surface area contributed by atoms with Crippen molar-refractivity contribution < 1.29 is 19.4 Å². The molecule has 6 heteroatoms. The van der Waals surface area contributed by atoms with E-state index in [0.29, 0.717) is 30.0 Å². The minimum absolute atomic E-state index is 0.204. The predicted octanol–water partition coefficient (Wildman–Crippen LogP) is 5.56. The smallest absolute Gasteiger partial charge is 0.289 e. The number of aliphatic hydroxyl groups excluding tert-OH is 1. The molecular formula is C26H24BrNO4. The van der Waals surface area contributed by atoms with Crippen LogP contribution in [0.5, 0.6) is 11.5 Å². The molecule has 0 aromatic heterocycles. The maximum absolute atomic E-state index is 13.2. The predicted molar refractivity (Wildman–Crippen MR) is 128 cm³/mol. The van der Waals surface area contributed by atoms with Crippen LogP contribution in [-0.2, 0) is 11.2 Å². The summed E-state index contributed by atoms with van der Waals surface area (Å²) in [6, 6.07) is 22.7. The van der Waals surface area contributed by atoms with E-state index in [9.17, 15) is 9.90 Å². The summed E-state index contributed by atoms with van der Waals surface area (Å²) in [5.41, 5.74) is 3.38. The first-order chi connectivity index (χ1) is 15.5. The lowest BCUT2D eigenvalue weighted by molar-refractivity contribution is -0.129. The van der Waals surface area contributed by atoms with Gasteiger partial charge in [0.25, 0.3) is 5.91 Å². The topological polar surface area (TPSA) is 59.0 Å². The van der Waals surface area contributed by atoms with E-state index in [1.807, 2.05) is 72.8 Å². The Labute approximate surface area is 196 Å². The third-order valence-electron chi connectivity index (χ3n) is 5.68. The van der Waals surface area contributed by atoms with E-state index < -0.39 is 6.04 Å². The van der Waals surface area contributed by atoms with Crippen LogP contribution in [0.25, 0.3) is 5.57 Å². The average molecular weight is 494 g/mol. The van der Waals surface area contributed by atoms with Gasteiger partial charge in [0, 0.05) is 16.6 Å². The number of hydrogen-bond donors (Lipinski definition) is 1. The molecule has 1 heterocycles.